The molecule has 0 bridgehead atoms. The molecule has 192 valence electrons. The van der Waals surface area contributed by atoms with Gasteiger partial charge in [0, 0.05) is 18.0 Å². The molecule has 0 spiro atoms. The van der Waals surface area contributed by atoms with Crippen LogP contribution in [0.5, 0.6) is 0 Å². The number of halogens is 2. The van der Waals surface area contributed by atoms with Crippen molar-refractivity contribution in [3.63, 3.8) is 0 Å². The number of carbonyl (C=O) groups is 1. The summed E-state index contributed by atoms with van der Waals surface area (Å²) in [4.78, 5) is 25.7. The van der Waals surface area contributed by atoms with E-state index in [9.17, 15) is 14.3 Å². The van der Waals surface area contributed by atoms with E-state index >= 15 is 0 Å². The van der Waals surface area contributed by atoms with E-state index in [1.165, 1.54) is 6.07 Å². The van der Waals surface area contributed by atoms with Gasteiger partial charge in [-0.3, -0.25) is 9.36 Å². The quantitative estimate of drug-likeness (QED) is 0.350. The van der Waals surface area contributed by atoms with E-state index in [1.54, 1.807) is 18.3 Å². The van der Waals surface area contributed by atoms with Crippen LogP contribution in [-0.2, 0) is 4.79 Å². The number of imidazole rings is 1. The summed E-state index contributed by atoms with van der Waals surface area (Å²) in [5.41, 5.74) is 6.86. The smallest absolute Gasteiger partial charge is 0.224 e. The molecule has 2 aliphatic rings. The lowest BCUT2D eigenvalue weighted by Gasteiger charge is -2.29. The van der Waals surface area contributed by atoms with Gasteiger partial charge >= 0.3 is 0 Å². The van der Waals surface area contributed by atoms with E-state index in [1.807, 2.05) is 4.57 Å². The van der Waals surface area contributed by atoms with Gasteiger partial charge in [0.25, 0.3) is 0 Å². The summed E-state index contributed by atoms with van der Waals surface area (Å²) in [6.07, 6.45) is 8.50. The van der Waals surface area contributed by atoms with Gasteiger partial charge < -0.3 is 21.5 Å². The van der Waals surface area contributed by atoms with Crippen LogP contribution in [-0.4, -0.2) is 42.7 Å². The maximum Gasteiger partial charge on any atom is 0.224 e. The van der Waals surface area contributed by atoms with E-state index < -0.39 is 5.82 Å². The molecule has 36 heavy (non-hydrogen) atoms. The molecule has 2 aromatic heterocycles. The van der Waals surface area contributed by atoms with Gasteiger partial charge in [0.05, 0.1) is 23.0 Å². The third-order valence-electron chi connectivity index (χ3n) is 7.33. The predicted molar refractivity (Wildman–Crippen MR) is 137 cm³/mol. The second-order valence-electron chi connectivity index (χ2n) is 9.85. The van der Waals surface area contributed by atoms with Gasteiger partial charge in [0.2, 0.25) is 17.8 Å². The van der Waals surface area contributed by atoms with Crippen LogP contribution in [0.4, 0.5) is 22.0 Å². The predicted octanol–water partition coefficient (Wildman–Crippen LogP) is 4.68. The number of aromatic nitrogens is 4. The molecule has 2 fully saturated rings. The third kappa shape index (κ3) is 5.24. The van der Waals surface area contributed by atoms with Gasteiger partial charge in [-0.15, -0.1) is 0 Å². The maximum absolute atomic E-state index is 14.6. The van der Waals surface area contributed by atoms with Gasteiger partial charge in [0.1, 0.15) is 11.3 Å². The van der Waals surface area contributed by atoms with Gasteiger partial charge in [-0.05, 0) is 57.1 Å². The van der Waals surface area contributed by atoms with E-state index in [0.717, 1.165) is 25.7 Å². The summed E-state index contributed by atoms with van der Waals surface area (Å²) in [7, 11) is 0. The molecule has 2 heterocycles. The van der Waals surface area contributed by atoms with Crippen LogP contribution in [0.1, 0.15) is 63.8 Å². The van der Waals surface area contributed by atoms with Crippen molar-refractivity contribution >= 4 is 46.3 Å². The molecule has 0 radical (unpaired) electrons. The number of fused-ring (bicyclic) bond motifs is 1. The number of hydrogen-bond acceptors (Lipinski definition) is 7. The summed E-state index contributed by atoms with van der Waals surface area (Å²) in [6.45, 7) is 0. The minimum atomic E-state index is -0.487. The SMILES string of the molecule is NC(=O)C1CCC(n2c(Nc3c(F)cccc3Cl)nc3cnc(N[C@H]4CCCC[C@H](O)C4)nc32)CC1. The van der Waals surface area contributed by atoms with Crippen molar-refractivity contribution in [1.82, 2.24) is 19.5 Å². The van der Waals surface area contributed by atoms with Gasteiger partial charge in [-0.25, -0.2) is 14.4 Å². The number of amides is 1. The van der Waals surface area contributed by atoms with Crippen LogP contribution >= 0.6 is 11.6 Å². The van der Waals surface area contributed by atoms with Gasteiger partial charge in [-0.2, -0.15) is 4.98 Å². The zero-order valence-corrected chi connectivity index (χ0v) is 20.7. The highest BCUT2D eigenvalue weighted by atomic mass is 35.5. The number of primary amides is 1. The Kier molecular flexibility index (Phi) is 7.25. The zero-order valence-electron chi connectivity index (χ0n) is 20.0. The third-order valence-corrected chi connectivity index (χ3v) is 7.64. The Morgan fingerprint density at radius 3 is 2.67 bits per heavy atom. The Hall–Kier alpha value is -2.98. The molecule has 0 unspecified atom stereocenters. The molecule has 9 nitrogen and oxygen atoms in total. The largest absolute Gasteiger partial charge is 0.393 e. The molecule has 11 heteroatoms. The van der Waals surface area contributed by atoms with Crippen molar-refractivity contribution in [2.75, 3.05) is 10.6 Å². The number of hydrogen-bond donors (Lipinski definition) is 4. The lowest BCUT2D eigenvalue weighted by atomic mass is 9.85. The molecule has 5 N–H and O–H groups in total. The van der Waals surface area contributed by atoms with Crippen LogP contribution in [0.25, 0.3) is 11.2 Å². The maximum atomic E-state index is 14.6. The summed E-state index contributed by atoms with van der Waals surface area (Å²) >= 11 is 6.28. The minimum Gasteiger partial charge on any atom is -0.393 e. The van der Waals surface area contributed by atoms with Crippen LogP contribution in [0.3, 0.4) is 0 Å². The van der Waals surface area contributed by atoms with E-state index in [0.29, 0.717) is 55.2 Å². The van der Waals surface area contributed by atoms with Crippen molar-refractivity contribution in [2.45, 2.75) is 76.0 Å². The first-order chi connectivity index (χ1) is 17.4. The number of nitrogens with two attached hydrogens (primary N) is 1. The minimum absolute atomic E-state index is 0.0129. The summed E-state index contributed by atoms with van der Waals surface area (Å²) in [6, 6.07) is 4.56. The average Bonchev–Trinajstić information content (AvgIpc) is 3.08. The normalized spacial score (nSPS) is 24.9. The lowest BCUT2D eigenvalue weighted by Crippen LogP contribution is -2.29. The Bertz CT molecular complexity index is 1220. The molecule has 1 amide bonds. The molecule has 5 rings (SSSR count). The lowest BCUT2D eigenvalue weighted by molar-refractivity contribution is -0.122. The Labute approximate surface area is 213 Å². The number of rotatable bonds is 6. The topological polar surface area (TPSA) is 131 Å². The van der Waals surface area contributed by atoms with Crippen LogP contribution < -0.4 is 16.4 Å². The standard InChI is InChI=1S/C25H31ClFN7O2/c26-18-6-3-7-19(27)21(18)32-25-31-20-13-29-24(30-15-4-1-2-5-17(35)12-15)33-23(20)34(25)16-10-8-14(9-11-16)22(28)36/h3,6-7,13-17,35H,1-2,4-5,8-12H2,(H2,28,36)(H,31,32)(H,29,30,33)/t14?,15-,16?,17-/m0/s1. The fourth-order valence-electron chi connectivity index (χ4n) is 5.39. The van der Waals surface area contributed by atoms with E-state index in [-0.39, 0.29) is 40.7 Å². The highest BCUT2D eigenvalue weighted by molar-refractivity contribution is 6.33. The Morgan fingerprint density at radius 1 is 1.14 bits per heavy atom. The summed E-state index contributed by atoms with van der Waals surface area (Å²) < 4.78 is 16.6. The molecule has 0 saturated heterocycles. The van der Waals surface area contributed by atoms with Crippen molar-refractivity contribution in [3.8, 4) is 0 Å². The van der Waals surface area contributed by atoms with Crippen molar-refractivity contribution in [2.24, 2.45) is 11.7 Å². The van der Waals surface area contributed by atoms with Crippen LogP contribution in [0, 0.1) is 11.7 Å². The molecule has 0 aliphatic heterocycles. The number of aliphatic hydroxyl groups is 1. The highest BCUT2D eigenvalue weighted by Crippen LogP contribution is 2.38. The van der Waals surface area contributed by atoms with E-state index in [4.69, 9.17) is 22.3 Å². The second kappa shape index (κ2) is 10.6. The molecular weight excluding hydrogens is 485 g/mol. The second-order valence-corrected chi connectivity index (χ2v) is 10.3. The first-order valence-electron chi connectivity index (χ1n) is 12.6. The first-order valence-corrected chi connectivity index (χ1v) is 13.0. The van der Waals surface area contributed by atoms with Crippen molar-refractivity contribution in [1.29, 1.82) is 0 Å². The number of anilines is 3. The molecular formula is C25H31ClFN7O2. The van der Waals surface area contributed by atoms with Crippen LogP contribution in [0.15, 0.2) is 24.4 Å². The highest BCUT2D eigenvalue weighted by Gasteiger charge is 2.30. The number of aliphatic hydroxyl groups excluding tert-OH is 1. The van der Waals surface area contributed by atoms with Crippen LogP contribution in [0.2, 0.25) is 5.02 Å². The van der Waals surface area contributed by atoms with E-state index in [2.05, 4.69) is 20.6 Å². The van der Waals surface area contributed by atoms with Gasteiger partial charge in [0.15, 0.2) is 5.65 Å². The number of nitrogens with zero attached hydrogens (tertiary/aromatic N) is 4. The first kappa shape index (κ1) is 24.7. The van der Waals surface area contributed by atoms with Crippen molar-refractivity contribution in [3.05, 3.63) is 35.2 Å². The molecule has 2 atom stereocenters. The average molecular weight is 516 g/mol. The number of carbonyl (C=O) groups excluding carboxylic acids is 1. The van der Waals surface area contributed by atoms with Crippen molar-refractivity contribution < 1.29 is 14.3 Å². The number of para-hydroxylation sites is 1. The fourth-order valence-corrected chi connectivity index (χ4v) is 5.60. The summed E-state index contributed by atoms with van der Waals surface area (Å²) in [5.74, 6) is -0.0411. The Morgan fingerprint density at radius 2 is 1.92 bits per heavy atom. The Balaban J connectivity index is 1.50. The zero-order chi connectivity index (χ0) is 25.2. The molecule has 3 aromatic rings. The molecule has 2 saturated carbocycles. The molecule has 1 aromatic carbocycles. The number of benzene rings is 1. The molecule has 2 aliphatic carbocycles. The van der Waals surface area contributed by atoms with Gasteiger partial charge in [-0.1, -0.05) is 30.5 Å². The summed E-state index contributed by atoms with van der Waals surface area (Å²) in [5, 5.41) is 16.9. The fraction of sp³-hybridized carbons (Fsp3) is 0.520. The monoisotopic (exact) mass is 515 g/mol. The number of nitrogens with one attached hydrogen (secondary N) is 2.